The van der Waals surface area contributed by atoms with E-state index in [1.54, 1.807) is 0 Å². The van der Waals surface area contributed by atoms with Crippen molar-refractivity contribution in [3.63, 3.8) is 0 Å². The summed E-state index contributed by atoms with van der Waals surface area (Å²) in [6.07, 6.45) is 16.0. The lowest BCUT2D eigenvalue weighted by Gasteiger charge is -2.23. The summed E-state index contributed by atoms with van der Waals surface area (Å²) < 4.78 is 0. The Morgan fingerprint density at radius 1 is 0.950 bits per heavy atom. The van der Waals surface area contributed by atoms with Crippen molar-refractivity contribution in [3.05, 3.63) is 0 Å². The highest BCUT2D eigenvalue weighted by molar-refractivity contribution is 4.86. The van der Waals surface area contributed by atoms with Gasteiger partial charge in [0.15, 0.2) is 0 Å². The van der Waals surface area contributed by atoms with Gasteiger partial charge in [-0.15, -0.1) is 0 Å². The molecule has 1 aliphatic carbocycles. The molecule has 1 rings (SSSR count). The second-order valence-corrected chi connectivity index (χ2v) is 8.43. The van der Waals surface area contributed by atoms with Crippen LogP contribution in [-0.2, 0) is 0 Å². The van der Waals surface area contributed by atoms with Crippen molar-refractivity contribution < 1.29 is 0 Å². The predicted octanol–water partition coefficient (Wildman–Crippen LogP) is 7.23. The molecule has 0 radical (unpaired) electrons. The maximum atomic E-state index is 2.48. The molecule has 0 aromatic heterocycles. The van der Waals surface area contributed by atoms with Gasteiger partial charge in [-0.05, 0) is 42.4 Å². The van der Waals surface area contributed by atoms with Gasteiger partial charge in [0, 0.05) is 0 Å². The highest BCUT2D eigenvalue weighted by Gasteiger charge is 2.36. The van der Waals surface area contributed by atoms with Crippen molar-refractivity contribution in [1.29, 1.82) is 0 Å². The van der Waals surface area contributed by atoms with Gasteiger partial charge in [0.2, 0.25) is 0 Å². The van der Waals surface area contributed by atoms with Crippen LogP contribution in [0.2, 0.25) is 0 Å². The van der Waals surface area contributed by atoms with Crippen LogP contribution in [0.4, 0.5) is 0 Å². The average Bonchev–Trinajstić information content (AvgIpc) is 3.09. The Morgan fingerprint density at radius 2 is 1.50 bits per heavy atom. The fourth-order valence-electron chi connectivity index (χ4n) is 3.94. The zero-order chi connectivity index (χ0) is 15.0. The third-order valence-corrected chi connectivity index (χ3v) is 5.59. The molecule has 0 bridgehead atoms. The van der Waals surface area contributed by atoms with Crippen molar-refractivity contribution in [1.82, 2.24) is 0 Å². The summed E-state index contributed by atoms with van der Waals surface area (Å²) in [7, 11) is 0. The molecule has 1 aliphatic rings. The standard InChI is InChI=1S/C20H40/c1-6-14-20(4,5)15-12-10-8-7-9-11-13-17(2)19-16-18(19)3/h17-19H,6-16H2,1-5H3. The third-order valence-electron chi connectivity index (χ3n) is 5.59. The first kappa shape index (κ1) is 18.1. The molecule has 0 aromatic carbocycles. The molecule has 120 valence electrons. The van der Waals surface area contributed by atoms with Gasteiger partial charge in [0.25, 0.3) is 0 Å². The minimum Gasteiger partial charge on any atom is -0.0654 e. The summed E-state index contributed by atoms with van der Waals surface area (Å²) in [5, 5.41) is 0. The molecule has 0 nitrogen and oxygen atoms in total. The Hall–Kier alpha value is 0. The van der Waals surface area contributed by atoms with Gasteiger partial charge in [-0.25, -0.2) is 0 Å². The smallest absolute Gasteiger partial charge is 0.0354 e. The molecule has 0 heteroatoms. The lowest BCUT2D eigenvalue weighted by atomic mass is 9.83. The number of hydrogen-bond acceptors (Lipinski definition) is 0. The van der Waals surface area contributed by atoms with E-state index in [9.17, 15) is 0 Å². The summed E-state index contributed by atoms with van der Waals surface area (Å²) in [5.74, 6) is 3.12. The molecule has 1 fully saturated rings. The predicted molar refractivity (Wildman–Crippen MR) is 92.1 cm³/mol. The Balaban J connectivity index is 1.85. The average molecular weight is 281 g/mol. The van der Waals surface area contributed by atoms with Gasteiger partial charge in [0.1, 0.15) is 0 Å². The second kappa shape index (κ2) is 9.11. The quantitative estimate of drug-likeness (QED) is 0.331. The van der Waals surface area contributed by atoms with Gasteiger partial charge >= 0.3 is 0 Å². The number of rotatable bonds is 12. The summed E-state index contributed by atoms with van der Waals surface area (Å²) in [5.41, 5.74) is 0.588. The Bertz CT molecular complexity index is 240. The Kier molecular flexibility index (Phi) is 8.22. The molecule has 0 heterocycles. The molecule has 0 saturated heterocycles. The normalized spacial score (nSPS) is 23.9. The second-order valence-electron chi connectivity index (χ2n) is 8.43. The first-order valence-corrected chi connectivity index (χ1v) is 9.46. The Labute approximate surface area is 129 Å². The molecule has 0 aliphatic heterocycles. The van der Waals surface area contributed by atoms with Crippen LogP contribution in [0.3, 0.4) is 0 Å². The fraction of sp³-hybridized carbons (Fsp3) is 1.00. The van der Waals surface area contributed by atoms with Crippen LogP contribution < -0.4 is 0 Å². The summed E-state index contributed by atoms with van der Waals surface area (Å²) in [6, 6.07) is 0. The van der Waals surface area contributed by atoms with Crippen LogP contribution in [0.1, 0.15) is 105 Å². The third kappa shape index (κ3) is 7.70. The van der Waals surface area contributed by atoms with Crippen molar-refractivity contribution in [2.45, 2.75) is 105 Å². The highest BCUT2D eigenvalue weighted by Crippen LogP contribution is 2.45. The van der Waals surface area contributed by atoms with Crippen molar-refractivity contribution >= 4 is 0 Å². The Morgan fingerprint density at radius 3 is 2.05 bits per heavy atom. The fourth-order valence-corrected chi connectivity index (χ4v) is 3.94. The van der Waals surface area contributed by atoms with Crippen LogP contribution in [0, 0.1) is 23.2 Å². The van der Waals surface area contributed by atoms with E-state index in [2.05, 4.69) is 34.6 Å². The monoisotopic (exact) mass is 280 g/mol. The minimum atomic E-state index is 0.588. The molecule has 3 atom stereocenters. The molecular weight excluding hydrogens is 240 g/mol. The van der Waals surface area contributed by atoms with Crippen molar-refractivity contribution in [3.8, 4) is 0 Å². The van der Waals surface area contributed by atoms with Crippen LogP contribution in [0.5, 0.6) is 0 Å². The van der Waals surface area contributed by atoms with E-state index in [-0.39, 0.29) is 0 Å². The van der Waals surface area contributed by atoms with Gasteiger partial charge in [-0.1, -0.05) is 86.0 Å². The van der Waals surface area contributed by atoms with Gasteiger partial charge < -0.3 is 0 Å². The van der Waals surface area contributed by atoms with Crippen molar-refractivity contribution in [2.24, 2.45) is 23.2 Å². The molecular formula is C20H40. The van der Waals surface area contributed by atoms with Gasteiger partial charge in [0.05, 0.1) is 0 Å². The van der Waals surface area contributed by atoms with E-state index in [1.165, 1.54) is 70.6 Å². The number of unbranched alkanes of at least 4 members (excludes halogenated alkanes) is 5. The van der Waals surface area contributed by atoms with Gasteiger partial charge in [-0.2, -0.15) is 0 Å². The lowest BCUT2D eigenvalue weighted by Crippen LogP contribution is -2.10. The first-order chi connectivity index (χ1) is 9.46. The molecule has 20 heavy (non-hydrogen) atoms. The zero-order valence-corrected chi connectivity index (χ0v) is 15.0. The SMILES string of the molecule is CCCC(C)(C)CCCCCCCCC(C)C1CC1C. The van der Waals surface area contributed by atoms with Crippen LogP contribution in [-0.4, -0.2) is 0 Å². The number of hydrogen-bond donors (Lipinski definition) is 0. The molecule has 0 amide bonds. The molecule has 0 spiro atoms. The highest BCUT2D eigenvalue weighted by atomic mass is 14.4. The van der Waals surface area contributed by atoms with E-state index in [0.29, 0.717) is 5.41 Å². The van der Waals surface area contributed by atoms with E-state index >= 15 is 0 Å². The maximum absolute atomic E-state index is 2.48. The van der Waals surface area contributed by atoms with E-state index < -0.39 is 0 Å². The summed E-state index contributed by atoms with van der Waals surface area (Å²) in [4.78, 5) is 0. The van der Waals surface area contributed by atoms with Gasteiger partial charge in [-0.3, -0.25) is 0 Å². The maximum Gasteiger partial charge on any atom is -0.0354 e. The first-order valence-electron chi connectivity index (χ1n) is 9.46. The van der Waals surface area contributed by atoms with Crippen molar-refractivity contribution in [2.75, 3.05) is 0 Å². The molecule has 0 N–H and O–H groups in total. The summed E-state index contributed by atoms with van der Waals surface area (Å²) >= 11 is 0. The minimum absolute atomic E-state index is 0.588. The van der Waals surface area contributed by atoms with E-state index in [0.717, 1.165) is 17.8 Å². The van der Waals surface area contributed by atoms with Crippen LogP contribution in [0.25, 0.3) is 0 Å². The molecule has 0 aromatic rings. The zero-order valence-electron chi connectivity index (χ0n) is 15.0. The van der Waals surface area contributed by atoms with Crippen LogP contribution >= 0.6 is 0 Å². The molecule has 3 unspecified atom stereocenters. The molecule has 1 saturated carbocycles. The lowest BCUT2D eigenvalue weighted by molar-refractivity contribution is 0.291. The van der Waals surface area contributed by atoms with Crippen LogP contribution in [0.15, 0.2) is 0 Å². The van der Waals surface area contributed by atoms with E-state index in [4.69, 9.17) is 0 Å². The largest absolute Gasteiger partial charge is 0.0654 e. The summed E-state index contributed by atoms with van der Waals surface area (Å²) in [6.45, 7) is 12.1. The topological polar surface area (TPSA) is 0 Å². The van der Waals surface area contributed by atoms with E-state index in [1.807, 2.05) is 0 Å².